The predicted molar refractivity (Wildman–Crippen MR) is 110 cm³/mol. The quantitative estimate of drug-likeness (QED) is 0.497. The van der Waals surface area contributed by atoms with Gasteiger partial charge in [-0.2, -0.15) is 13.2 Å². The van der Waals surface area contributed by atoms with E-state index in [4.69, 9.17) is 0 Å². The average Bonchev–Trinajstić information content (AvgIpc) is 3.21. The minimum atomic E-state index is -4.40. The van der Waals surface area contributed by atoms with Gasteiger partial charge in [0.1, 0.15) is 11.6 Å². The summed E-state index contributed by atoms with van der Waals surface area (Å²) < 4.78 is 42.9. The molecule has 1 amide bonds. The fourth-order valence-electron chi connectivity index (χ4n) is 2.85. The number of halogens is 3. The van der Waals surface area contributed by atoms with Crippen LogP contribution in [0.1, 0.15) is 16.8 Å². The molecule has 0 aliphatic heterocycles. The first-order valence-electron chi connectivity index (χ1n) is 9.27. The van der Waals surface area contributed by atoms with Crippen LogP contribution in [0.25, 0.3) is 10.6 Å². The molecule has 0 aliphatic rings. The second-order valence-corrected chi connectivity index (χ2v) is 7.57. The number of esters is 1. The van der Waals surface area contributed by atoms with Gasteiger partial charge in [-0.25, -0.2) is 4.98 Å². The lowest BCUT2D eigenvalue weighted by Gasteiger charge is -2.21. The van der Waals surface area contributed by atoms with Crippen molar-refractivity contribution in [3.8, 4) is 10.6 Å². The first kappa shape index (κ1) is 22.5. The molecule has 31 heavy (non-hydrogen) atoms. The van der Waals surface area contributed by atoms with Gasteiger partial charge in [-0.15, -0.1) is 11.3 Å². The molecule has 0 N–H and O–H groups in total. The Morgan fingerprint density at radius 1 is 1.06 bits per heavy atom. The van der Waals surface area contributed by atoms with Crippen LogP contribution in [-0.2, 0) is 33.5 Å². The van der Waals surface area contributed by atoms with Crippen molar-refractivity contribution in [1.29, 1.82) is 0 Å². The number of hydrogen-bond acceptors (Lipinski definition) is 5. The average molecular weight is 448 g/mol. The van der Waals surface area contributed by atoms with Gasteiger partial charge in [0.25, 0.3) is 0 Å². The fourth-order valence-corrected chi connectivity index (χ4v) is 3.67. The maximum absolute atomic E-state index is 12.8. The molecule has 0 unspecified atom stereocenters. The van der Waals surface area contributed by atoms with Crippen molar-refractivity contribution >= 4 is 23.2 Å². The Balaban J connectivity index is 1.72. The first-order valence-corrected chi connectivity index (χ1v) is 10.1. The fraction of sp³-hybridized carbons (Fsp3) is 0.227. The lowest BCUT2D eigenvalue weighted by molar-refractivity contribution is -0.147. The SMILES string of the molecule is COC(=O)CN(Cc1ccccc1)C(=O)Cc1csc(-c2ccc(C(F)(F)F)cc2)n1. The van der Waals surface area contributed by atoms with Crippen LogP contribution in [0.3, 0.4) is 0 Å². The number of carbonyl (C=O) groups is 2. The van der Waals surface area contributed by atoms with Gasteiger partial charge in [0.2, 0.25) is 5.91 Å². The zero-order chi connectivity index (χ0) is 22.4. The first-order chi connectivity index (χ1) is 14.8. The molecule has 0 radical (unpaired) electrons. The van der Waals surface area contributed by atoms with Crippen LogP contribution in [0.4, 0.5) is 13.2 Å². The van der Waals surface area contributed by atoms with E-state index in [1.165, 1.54) is 35.5 Å². The second-order valence-electron chi connectivity index (χ2n) is 6.71. The molecule has 9 heteroatoms. The third-order valence-corrected chi connectivity index (χ3v) is 5.40. The van der Waals surface area contributed by atoms with E-state index >= 15 is 0 Å². The maximum Gasteiger partial charge on any atom is 0.416 e. The zero-order valence-electron chi connectivity index (χ0n) is 16.6. The molecule has 0 fully saturated rings. The number of hydrogen-bond donors (Lipinski definition) is 0. The van der Waals surface area contributed by atoms with Crippen molar-refractivity contribution in [3.63, 3.8) is 0 Å². The summed E-state index contributed by atoms with van der Waals surface area (Å²) in [6.45, 7) is 0.0464. The third kappa shape index (κ3) is 6.14. The number of methoxy groups -OCH3 is 1. The Labute approximate surface area is 181 Å². The number of nitrogens with zero attached hydrogens (tertiary/aromatic N) is 2. The highest BCUT2D eigenvalue weighted by Crippen LogP contribution is 2.31. The number of rotatable bonds is 7. The summed E-state index contributed by atoms with van der Waals surface area (Å²) in [5.41, 5.74) is 1.14. The van der Waals surface area contributed by atoms with Crippen molar-refractivity contribution in [2.75, 3.05) is 13.7 Å². The zero-order valence-corrected chi connectivity index (χ0v) is 17.4. The van der Waals surface area contributed by atoms with Crippen LogP contribution in [0.15, 0.2) is 60.0 Å². The Hall–Kier alpha value is -3.20. The molecule has 0 spiro atoms. The van der Waals surface area contributed by atoms with Crippen LogP contribution in [-0.4, -0.2) is 35.4 Å². The molecule has 1 aromatic heterocycles. The number of thiazole rings is 1. The molecule has 3 aromatic rings. The summed E-state index contributed by atoms with van der Waals surface area (Å²) in [4.78, 5) is 30.3. The van der Waals surface area contributed by atoms with Crippen molar-refractivity contribution in [2.45, 2.75) is 19.1 Å². The van der Waals surface area contributed by atoms with E-state index in [2.05, 4.69) is 9.72 Å². The molecule has 3 rings (SSSR count). The minimum Gasteiger partial charge on any atom is -0.468 e. The normalized spacial score (nSPS) is 11.2. The summed E-state index contributed by atoms with van der Waals surface area (Å²) in [5.74, 6) is -0.841. The van der Waals surface area contributed by atoms with Gasteiger partial charge in [0.05, 0.1) is 24.8 Å². The van der Waals surface area contributed by atoms with E-state index in [1.807, 2.05) is 30.3 Å². The van der Waals surface area contributed by atoms with Crippen LogP contribution >= 0.6 is 11.3 Å². The van der Waals surface area contributed by atoms with Crippen LogP contribution < -0.4 is 0 Å². The lowest BCUT2D eigenvalue weighted by atomic mass is 10.1. The Bertz CT molecular complexity index is 1030. The molecule has 2 aromatic carbocycles. The van der Waals surface area contributed by atoms with Crippen molar-refractivity contribution < 1.29 is 27.5 Å². The van der Waals surface area contributed by atoms with E-state index in [0.717, 1.165) is 17.7 Å². The molecule has 0 bridgehead atoms. The van der Waals surface area contributed by atoms with Crippen LogP contribution in [0.5, 0.6) is 0 Å². The van der Waals surface area contributed by atoms with Crippen molar-refractivity contribution in [2.24, 2.45) is 0 Å². The molecule has 0 aliphatic carbocycles. The van der Waals surface area contributed by atoms with E-state index in [-0.39, 0.29) is 25.4 Å². The van der Waals surface area contributed by atoms with Gasteiger partial charge in [0, 0.05) is 17.5 Å². The molecule has 162 valence electrons. The summed E-state index contributed by atoms with van der Waals surface area (Å²) in [6.07, 6.45) is -4.44. The van der Waals surface area contributed by atoms with Gasteiger partial charge in [-0.3, -0.25) is 9.59 Å². The molecule has 1 heterocycles. The smallest absolute Gasteiger partial charge is 0.416 e. The lowest BCUT2D eigenvalue weighted by Crippen LogP contribution is -2.36. The number of amides is 1. The molecule has 0 atom stereocenters. The largest absolute Gasteiger partial charge is 0.468 e. The number of ether oxygens (including phenoxy) is 1. The highest BCUT2D eigenvalue weighted by molar-refractivity contribution is 7.13. The second kappa shape index (κ2) is 9.74. The highest BCUT2D eigenvalue weighted by atomic mass is 32.1. The molecule has 0 saturated heterocycles. The van der Waals surface area contributed by atoms with E-state index < -0.39 is 17.7 Å². The summed E-state index contributed by atoms with van der Waals surface area (Å²) in [7, 11) is 1.25. The van der Waals surface area contributed by atoms with E-state index in [1.54, 1.807) is 5.38 Å². The third-order valence-electron chi connectivity index (χ3n) is 4.46. The van der Waals surface area contributed by atoms with Crippen molar-refractivity contribution in [1.82, 2.24) is 9.88 Å². The molecule has 5 nitrogen and oxygen atoms in total. The maximum atomic E-state index is 12.8. The molecular formula is C22H19F3N2O3S. The Kier molecular flexibility index (Phi) is 7.06. The minimum absolute atomic E-state index is 0.0407. The summed E-state index contributed by atoms with van der Waals surface area (Å²) in [6, 6.07) is 13.9. The van der Waals surface area contributed by atoms with Gasteiger partial charge in [0.15, 0.2) is 0 Å². The van der Waals surface area contributed by atoms with Gasteiger partial charge >= 0.3 is 12.1 Å². The van der Waals surface area contributed by atoms with Crippen LogP contribution in [0.2, 0.25) is 0 Å². The molecule has 0 saturated carbocycles. The predicted octanol–water partition coefficient (Wildman–Crippen LogP) is 4.57. The standard InChI is InChI=1S/C22H19F3N2O3S/c1-30-20(29)13-27(12-15-5-3-2-4-6-15)19(28)11-18-14-31-21(26-18)16-7-9-17(10-8-16)22(23,24)25/h2-10,14H,11-13H2,1H3. The number of aromatic nitrogens is 1. The summed E-state index contributed by atoms with van der Waals surface area (Å²) in [5, 5.41) is 2.20. The Morgan fingerprint density at radius 3 is 2.35 bits per heavy atom. The summed E-state index contributed by atoms with van der Waals surface area (Å²) >= 11 is 1.24. The van der Waals surface area contributed by atoms with Gasteiger partial charge < -0.3 is 9.64 Å². The topological polar surface area (TPSA) is 59.5 Å². The van der Waals surface area contributed by atoms with Crippen LogP contribution in [0, 0.1) is 0 Å². The van der Waals surface area contributed by atoms with E-state index in [0.29, 0.717) is 16.3 Å². The number of alkyl halides is 3. The van der Waals surface area contributed by atoms with Gasteiger partial charge in [-0.1, -0.05) is 42.5 Å². The number of carbonyl (C=O) groups excluding carboxylic acids is 2. The number of benzene rings is 2. The highest BCUT2D eigenvalue weighted by Gasteiger charge is 2.30. The van der Waals surface area contributed by atoms with E-state index in [9.17, 15) is 22.8 Å². The molecular weight excluding hydrogens is 429 g/mol. The monoisotopic (exact) mass is 448 g/mol. The van der Waals surface area contributed by atoms with Gasteiger partial charge in [-0.05, 0) is 17.7 Å². The Morgan fingerprint density at radius 2 is 1.74 bits per heavy atom. The van der Waals surface area contributed by atoms with Crippen molar-refractivity contribution in [3.05, 3.63) is 76.8 Å².